The Balaban J connectivity index is 1.36. The van der Waals surface area contributed by atoms with Crippen LogP contribution in [0.3, 0.4) is 0 Å². The standard InChI is InChI=1S/C19H22N2O2/c1-13-6-7-18(23-13)11-20-16-10-19(22)21(12-16)17-8-14-4-2-3-5-15(14)9-17/h2-7,16-17,20H,8-12H2,1H3/t16-/m0/s1. The van der Waals surface area contributed by atoms with E-state index < -0.39 is 0 Å². The quantitative estimate of drug-likeness (QED) is 0.943. The van der Waals surface area contributed by atoms with E-state index >= 15 is 0 Å². The fourth-order valence-corrected chi connectivity index (χ4v) is 3.80. The summed E-state index contributed by atoms with van der Waals surface area (Å²) < 4.78 is 5.58. The van der Waals surface area contributed by atoms with Gasteiger partial charge in [0.05, 0.1) is 6.54 Å². The number of nitrogens with zero attached hydrogens (tertiary/aromatic N) is 1. The molecule has 0 unspecified atom stereocenters. The van der Waals surface area contributed by atoms with Gasteiger partial charge in [0.2, 0.25) is 5.91 Å². The molecule has 1 N–H and O–H groups in total. The molecule has 1 aromatic heterocycles. The van der Waals surface area contributed by atoms with E-state index in [1.54, 1.807) is 0 Å². The first-order valence-corrected chi connectivity index (χ1v) is 8.34. The van der Waals surface area contributed by atoms with Crippen molar-refractivity contribution in [1.82, 2.24) is 10.2 Å². The van der Waals surface area contributed by atoms with Crippen LogP contribution in [-0.2, 0) is 24.2 Å². The molecule has 1 saturated heterocycles. The number of hydrogen-bond acceptors (Lipinski definition) is 3. The molecule has 1 fully saturated rings. The SMILES string of the molecule is Cc1ccc(CN[C@H]2CC(=O)N(C3Cc4ccccc4C3)C2)o1. The predicted molar refractivity (Wildman–Crippen MR) is 88.0 cm³/mol. The van der Waals surface area contributed by atoms with Gasteiger partial charge in [-0.25, -0.2) is 0 Å². The van der Waals surface area contributed by atoms with Gasteiger partial charge in [-0.15, -0.1) is 0 Å². The smallest absolute Gasteiger partial charge is 0.224 e. The number of hydrogen-bond donors (Lipinski definition) is 1. The van der Waals surface area contributed by atoms with Crippen LogP contribution in [0.1, 0.15) is 29.1 Å². The lowest BCUT2D eigenvalue weighted by Crippen LogP contribution is -2.39. The lowest BCUT2D eigenvalue weighted by Gasteiger charge is -2.24. The van der Waals surface area contributed by atoms with Crippen LogP contribution in [0.25, 0.3) is 0 Å². The molecule has 1 aliphatic carbocycles. The minimum absolute atomic E-state index is 0.219. The van der Waals surface area contributed by atoms with Crippen LogP contribution in [0.15, 0.2) is 40.8 Å². The van der Waals surface area contributed by atoms with Crippen LogP contribution in [0.5, 0.6) is 0 Å². The highest BCUT2D eigenvalue weighted by molar-refractivity contribution is 5.79. The normalized spacial score (nSPS) is 21.2. The first kappa shape index (κ1) is 14.5. The number of amides is 1. The first-order chi connectivity index (χ1) is 11.2. The van der Waals surface area contributed by atoms with Crippen molar-refractivity contribution in [1.29, 1.82) is 0 Å². The van der Waals surface area contributed by atoms with Crippen molar-refractivity contribution in [3.8, 4) is 0 Å². The maximum absolute atomic E-state index is 12.4. The van der Waals surface area contributed by atoms with Gasteiger partial charge in [0.25, 0.3) is 0 Å². The second-order valence-corrected chi connectivity index (χ2v) is 6.67. The summed E-state index contributed by atoms with van der Waals surface area (Å²) in [7, 11) is 0. The summed E-state index contributed by atoms with van der Waals surface area (Å²) in [5.41, 5.74) is 2.79. The molecule has 0 spiro atoms. The third-order valence-corrected chi connectivity index (χ3v) is 4.99. The van der Waals surface area contributed by atoms with Gasteiger partial charge in [0.1, 0.15) is 11.5 Å². The number of carbonyl (C=O) groups is 1. The molecule has 2 heterocycles. The van der Waals surface area contributed by atoms with Crippen LogP contribution in [-0.4, -0.2) is 29.4 Å². The summed E-state index contributed by atoms with van der Waals surface area (Å²) in [5, 5.41) is 3.46. The van der Waals surface area contributed by atoms with E-state index in [0.717, 1.165) is 30.9 Å². The van der Waals surface area contributed by atoms with Crippen molar-refractivity contribution in [2.75, 3.05) is 6.54 Å². The van der Waals surface area contributed by atoms with Crippen molar-refractivity contribution >= 4 is 5.91 Å². The van der Waals surface area contributed by atoms with E-state index in [0.29, 0.717) is 19.0 Å². The number of aryl methyl sites for hydroxylation is 1. The number of furan rings is 1. The minimum Gasteiger partial charge on any atom is -0.465 e. The minimum atomic E-state index is 0.219. The van der Waals surface area contributed by atoms with Gasteiger partial charge in [-0.2, -0.15) is 0 Å². The van der Waals surface area contributed by atoms with Crippen LogP contribution >= 0.6 is 0 Å². The Labute approximate surface area is 136 Å². The van der Waals surface area contributed by atoms with Gasteiger partial charge in [0.15, 0.2) is 0 Å². The van der Waals surface area contributed by atoms with E-state index in [1.807, 2.05) is 19.1 Å². The molecule has 4 rings (SSSR count). The molecule has 1 atom stereocenters. The number of nitrogens with one attached hydrogen (secondary N) is 1. The molecular formula is C19H22N2O2. The maximum atomic E-state index is 12.4. The van der Waals surface area contributed by atoms with E-state index in [-0.39, 0.29) is 11.9 Å². The monoisotopic (exact) mass is 310 g/mol. The van der Waals surface area contributed by atoms with Gasteiger partial charge >= 0.3 is 0 Å². The zero-order chi connectivity index (χ0) is 15.8. The van der Waals surface area contributed by atoms with Gasteiger partial charge in [-0.1, -0.05) is 24.3 Å². The molecule has 1 aliphatic heterocycles. The van der Waals surface area contributed by atoms with Crippen molar-refractivity contribution in [3.05, 3.63) is 59.0 Å². The number of carbonyl (C=O) groups excluding carboxylic acids is 1. The lowest BCUT2D eigenvalue weighted by molar-refractivity contribution is -0.129. The van der Waals surface area contributed by atoms with Crippen molar-refractivity contribution in [2.24, 2.45) is 0 Å². The molecule has 4 nitrogen and oxygen atoms in total. The van der Waals surface area contributed by atoms with E-state index in [1.165, 1.54) is 11.1 Å². The molecule has 4 heteroatoms. The molecule has 0 radical (unpaired) electrons. The van der Waals surface area contributed by atoms with E-state index in [9.17, 15) is 4.79 Å². The highest BCUT2D eigenvalue weighted by atomic mass is 16.3. The predicted octanol–water partition coefficient (Wildman–Crippen LogP) is 2.45. The highest BCUT2D eigenvalue weighted by Gasteiger charge is 2.36. The van der Waals surface area contributed by atoms with Crippen molar-refractivity contribution in [2.45, 2.75) is 44.8 Å². The van der Waals surface area contributed by atoms with Crippen LogP contribution in [0.4, 0.5) is 0 Å². The molecule has 0 saturated carbocycles. The fourth-order valence-electron chi connectivity index (χ4n) is 3.80. The maximum Gasteiger partial charge on any atom is 0.224 e. The summed E-state index contributed by atoms with van der Waals surface area (Å²) in [4.78, 5) is 14.5. The highest BCUT2D eigenvalue weighted by Crippen LogP contribution is 2.28. The van der Waals surface area contributed by atoms with Gasteiger partial charge in [0, 0.05) is 25.0 Å². The molecular weight excluding hydrogens is 288 g/mol. The second-order valence-electron chi connectivity index (χ2n) is 6.67. The topological polar surface area (TPSA) is 45.5 Å². The zero-order valence-electron chi connectivity index (χ0n) is 13.4. The number of rotatable bonds is 4. The van der Waals surface area contributed by atoms with E-state index in [2.05, 4.69) is 34.5 Å². The summed E-state index contributed by atoms with van der Waals surface area (Å²) >= 11 is 0. The Morgan fingerprint density at radius 2 is 1.87 bits per heavy atom. The fraction of sp³-hybridized carbons (Fsp3) is 0.421. The van der Waals surface area contributed by atoms with Crippen LogP contribution in [0.2, 0.25) is 0 Å². The Morgan fingerprint density at radius 1 is 1.13 bits per heavy atom. The Bertz CT molecular complexity index is 697. The van der Waals surface area contributed by atoms with Crippen LogP contribution < -0.4 is 5.32 Å². The zero-order valence-corrected chi connectivity index (χ0v) is 13.4. The molecule has 120 valence electrons. The van der Waals surface area contributed by atoms with Crippen molar-refractivity contribution in [3.63, 3.8) is 0 Å². The average molecular weight is 310 g/mol. The lowest BCUT2D eigenvalue weighted by atomic mass is 10.1. The van der Waals surface area contributed by atoms with E-state index in [4.69, 9.17) is 4.42 Å². The summed E-state index contributed by atoms with van der Waals surface area (Å²) in [6.45, 7) is 3.43. The molecule has 1 aromatic carbocycles. The van der Waals surface area contributed by atoms with Gasteiger partial charge in [-0.05, 0) is 43.0 Å². The first-order valence-electron chi connectivity index (χ1n) is 8.34. The molecule has 2 aromatic rings. The second kappa shape index (κ2) is 5.85. The average Bonchev–Trinajstić information content (AvgIpc) is 3.23. The third-order valence-electron chi connectivity index (χ3n) is 4.99. The molecule has 23 heavy (non-hydrogen) atoms. The number of fused-ring (bicyclic) bond motifs is 1. The van der Waals surface area contributed by atoms with Gasteiger partial charge < -0.3 is 14.6 Å². The van der Waals surface area contributed by atoms with Crippen molar-refractivity contribution < 1.29 is 9.21 Å². The Hall–Kier alpha value is -2.07. The largest absolute Gasteiger partial charge is 0.465 e. The molecule has 0 bridgehead atoms. The molecule has 2 aliphatic rings. The Kier molecular flexibility index (Phi) is 3.69. The summed E-state index contributed by atoms with van der Waals surface area (Å²) in [6.07, 6.45) is 2.57. The summed E-state index contributed by atoms with van der Waals surface area (Å²) in [6, 6.07) is 13.1. The molecule has 1 amide bonds. The number of likely N-dealkylation sites (tertiary alicyclic amines) is 1. The Morgan fingerprint density at radius 3 is 2.52 bits per heavy atom. The number of benzene rings is 1. The van der Waals surface area contributed by atoms with Crippen LogP contribution in [0, 0.1) is 6.92 Å². The summed E-state index contributed by atoms with van der Waals surface area (Å²) in [5.74, 6) is 2.13. The third kappa shape index (κ3) is 2.91. The van der Waals surface area contributed by atoms with Gasteiger partial charge in [-0.3, -0.25) is 4.79 Å².